The Balaban J connectivity index is 1.53. The molecule has 4 atom stereocenters. The first-order valence-corrected chi connectivity index (χ1v) is 12.5. The Morgan fingerprint density at radius 3 is 2.26 bits per heavy atom. The number of benzene rings is 1. The molecule has 2 unspecified atom stereocenters. The fraction of sp³-hybridized carbons (Fsp3) is 0.545. The van der Waals surface area contributed by atoms with Gasteiger partial charge in [0.2, 0.25) is 5.91 Å². The molecule has 0 spiro atoms. The molecule has 0 radical (unpaired) electrons. The predicted molar refractivity (Wildman–Crippen MR) is 113 cm³/mol. The average Bonchev–Trinajstić information content (AvgIpc) is 3.46. The van der Waals surface area contributed by atoms with Crippen molar-refractivity contribution in [3.63, 3.8) is 0 Å². The van der Waals surface area contributed by atoms with E-state index >= 15 is 0 Å². The van der Waals surface area contributed by atoms with Crippen LogP contribution in [-0.2, 0) is 21.2 Å². The Labute approximate surface area is 193 Å². The summed E-state index contributed by atoms with van der Waals surface area (Å²) in [6.07, 6.45) is -5.40. The van der Waals surface area contributed by atoms with Gasteiger partial charge in [0.1, 0.15) is 18.9 Å². The van der Waals surface area contributed by atoms with Gasteiger partial charge in [0, 0.05) is 12.3 Å². The smallest absolute Gasteiger partial charge is 0.309 e. The summed E-state index contributed by atoms with van der Waals surface area (Å²) in [4.78, 5) is 13.2. The van der Waals surface area contributed by atoms with Gasteiger partial charge in [-0.1, -0.05) is 12.1 Å². The SMILES string of the molecule is O=C(Nc1ccn(CC(F)(F)F)n1)C(CC1C[C@@H](F)[C@@H](F)C1)c1ccc(S(=O)(=O)C2CC2)cc1. The quantitative estimate of drug-likeness (QED) is 0.533. The number of nitrogens with one attached hydrogen (secondary N) is 1. The lowest BCUT2D eigenvalue weighted by Gasteiger charge is -2.20. The number of amides is 1. The average molecular weight is 506 g/mol. The minimum Gasteiger partial charge on any atom is -0.309 e. The molecular formula is C22H24F5N3O3S. The van der Waals surface area contributed by atoms with Crippen LogP contribution in [0.5, 0.6) is 0 Å². The van der Waals surface area contributed by atoms with Gasteiger partial charge in [-0.3, -0.25) is 9.48 Å². The fourth-order valence-corrected chi connectivity index (χ4v) is 5.98. The standard InChI is InChI=1S/C22H24F5N3O3S/c23-18-10-13(11-19(18)24)9-17(14-1-3-15(4-2-14)34(32,33)16-5-6-16)21(31)28-20-7-8-30(29-20)12-22(25,26)27/h1-4,7-8,13,16-19H,5-6,9-12H2,(H,28,29,31)/t13?,17?,18-,19+. The van der Waals surface area contributed by atoms with Crippen LogP contribution in [0.2, 0.25) is 0 Å². The maximum atomic E-state index is 13.7. The summed E-state index contributed by atoms with van der Waals surface area (Å²) >= 11 is 0. The van der Waals surface area contributed by atoms with Gasteiger partial charge in [-0.25, -0.2) is 17.2 Å². The fourth-order valence-electron chi connectivity index (χ4n) is 4.32. The van der Waals surface area contributed by atoms with E-state index in [-0.39, 0.29) is 30.0 Å². The molecule has 1 aromatic heterocycles. The van der Waals surface area contributed by atoms with Crippen LogP contribution in [0.1, 0.15) is 43.6 Å². The second-order valence-corrected chi connectivity index (χ2v) is 11.2. The molecular weight excluding hydrogens is 481 g/mol. The Morgan fingerprint density at radius 2 is 1.71 bits per heavy atom. The predicted octanol–water partition coefficient (Wildman–Crippen LogP) is 4.58. The summed E-state index contributed by atoms with van der Waals surface area (Å²) < 4.78 is 90.7. The van der Waals surface area contributed by atoms with Gasteiger partial charge in [0.15, 0.2) is 15.7 Å². The third-order valence-electron chi connectivity index (χ3n) is 6.20. The Morgan fingerprint density at radius 1 is 1.09 bits per heavy atom. The third kappa shape index (κ3) is 5.76. The molecule has 0 saturated heterocycles. The lowest BCUT2D eigenvalue weighted by Crippen LogP contribution is -2.24. The summed E-state index contributed by atoms with van der Waals surface area (Å²) in [5, 5.41) is 5.78. The number of nitrogens with zero attached hydrogens (tertiary/aromatic N) is 2. The van der Waals surface area contributed by atoms with Crippen molar-refractivity contribution < 1.29 is 35.2 Å². The van der Waals surface area contributed by atoms with Crippen LogP contribution in [0.15, 0.2) is 41.4 Å². The maximum Gasteiger partial charge on any atom is 0.408 e. The highest BCUT2D eigenvalue weighted by atomic mass is 32.2. The van der Waals surface area contributed by atoms with Crippen LogP contribution in [0.25, 0.3) is 0 Å². The van der Waals surface area contributed by atoms with Crippen molar-refractivity contribution in [3.8, 4) is 0 Å². The first kappa shape index (κ1) is 24.6. The van der Waals surface area contributed by atoms with E-state index in [1.54, 1.807) is 0 Å². The van der Waals surface area contributed by atoms with Crippen LogP contribution in [0, 0.1) is 5.92 Å². The van der Waals surface area contributed by atoms with Gasteiger partial charge in [-0.05, 0) is 55.7 Å². The molecule has 4 rings (SSSR count). The molecule has 2 fully saturated rings. The van der Waals surface area contributed by atoms with Gasteiger partial charge < -0.3 is 5.32 Å². The van der Waals surface area contributed by atoms with Crippen molar-refractivity contribution in [2.75, 3.05) is 5.32 Å². The Hall–Kier alpha value is -2.50. The van der Waals surface area contributed by atoms with E-state index < -0.39 is 57.9 Å². The van der Waals surface area contributed by atoms with Crippen molar-refractivity contribution in [2.45, 2.75) is 73.2 Å². The molecule has 1 N–H and O–H groups in total. The summed E-state index contributed by atoms with van der Waals surface area (Å²) in [6.45, 7) is -1.32. The second kappa shape index (κ2) is 9.27. The number of aromatic nitrogens is 2. The first-order valence-electron chi connectivity index (χ1n) is 11.0. The molecule has 2 aromatic rings. The van der Waals surface area contributed by atoms with Gasteiger partial charge in [-0.2, -0.15) is 18.3 Å². The van der Waals surface area contributed by atoms with E-state index in [9.17, 15) is 35.2 Å². The van der Waals surface area contributed by atoms with Crippen molar-refractivity contribution in [1.82, 2.24) is 9.78 Å². The lowest BCUT2D eigenvalue weighted by molar-refractivity contribution is -0.142. The third-order valence-corrected chi connectivity index (χ3v) is 8.48. The number of anilines is 1. The zero-order chi connectivity index (χ0) is 24.7. The van der Waals surface area contributed by atoms with E-state index in [4.69, 9.17) is 0 Å². The Bertz CT molecular complexity index is 1120. The zero-order valence-corrected chi connectivity index (χ0v) is 18.8. The molecule has 0 aliphatic heterocycles. The van der Waals surface area contributed by atoms with Crippen molar-refractivity contribution in [1.29, 1.82) is 0 Å². The summed E-state index contributed by atoms with van der Waals surface area (Å²) in [5.41, 5.74) is 0.444. The van der Waals surface area contributed by atoms with E-state index in [0.717, 1.165) is 6.20 Å². The molecule has 34 heavy (non-hydrogen) atoms. The molecule has 1 heterocycles. The normalized spacial score (nSPS) is 24.2. The van der Waals surface area contributed by atoms with Crippen molar-refractivity contribution in [2.24, 2.45) is 5.92 Å². The summed E-state index contributed by atoms with van der Waals surface area (Å²) in [5.74, 6) is -2.01. The molecule has 2 aliphatic carbocycles. The molecule has 2 saturated carbocycles. The van der Waals surface area contributed by atoms with Gasteiger partial charge >= 0.3 is 6.18 Å². The largest absolute Gasteiger partial charge is 0.408 e. The number of carbonyl (C=O) groups excluding carboxylic acids is 1. The molecule has 0 bridgehead atoms. The number of hydrogen-bond acceptors (Lipinski definition) is 4. The van der Waals surface area contributed by atoms with Gasteiger partial charge in [0.05, 0.1) is 16.1 Å². The zero-order valence-electron chi connectivity index (χ0n) is 18.0. The molecule has 12 heteroatoms. The maximum absolute atomic E-state index is 13.7. The Kier molecular flexibility index (Phi) is 6.71. The number of rotatable bonds is 8. The highest BCUT2D eigenvalue weighted by Gasteiger charge is 2.39. The van der Waals surface area contributed by atoms with Crippen LogP contribution < -0.4 is 5.32 Å². The monoisotopic (exact) mass is 505 g/mol. The molecule has 2 aliphatic rings. The van der Waals surface area contributed by atoms with Crippen LogP contribution in [0.3, 0.4) is 0 Å². The van der Waals surface area contributed by atoms with Crippen LogP contribution >= 0.6 is 0 Å². The second-order valence-electron chi connectivity index (χ2n) is 8.97. The highest BCUT2D eigenvalue weighted by molar-refractivity contribution is 7.92. The van der Waals surface area contributed by atoms with Crippen LogP contribution in [-0.4, -0.2) is 47.9 Å². The number of halogens is 5. The van der Waals surface area contributed by atoms with Gasteiger partial charge in [-0.15, -0.1) is 0 Å². The van der Waals surface area contributed by atoms with Crippen molar-refractivity contribution >= 4 is 21.6 Å². The minimum absolute atomic E-state index is 0.0424. The first-order chi connectivity index (χ1) is 15.9. The van der Waals surface area contributed by atoms with Crippen LogP contribution in [0.4, 0.5) is 27.8 Å². The minimum atomic E-state index is -4.48. The van der Waals surface area contributed by atoms with Crippen molar-refractivity contribution in [3.05, 3.63) is 42.1 Å². The van der Waals surface area contributed by atoms with E-state index in [1.165, 1.54) is 30.3 Å². The number of sulfone groups is 1. The molecule has 186 valence electrons. The molecule has 1 aromatic carbocycles. The molecule has 1 amide bonds. The van der Waals surface area contributed by atoms with Gasteiger partial charge in [0.25, 0.3) is 0 Å². The van der Waals surface area contributed by atoms with E-state index in [1.807, 2.05) is 0 Å². The summed E-state index contributed by atoms with van der Waals surface area (Å²) in [6, 6.07) is 7.03. The molecule has 6 nitrogen and oxygen atoms in total. The number of alkyl halides is 5. The number of hydrogen-bond donors (Lipinski definition) is 1. The summed E-state index contributed by atoms with van der Waals surface area (Å²) in [7, 11) is -3.43. The van der Waals surface area contributed by atoms with E-state index in [2.05, 4.69) is 10.4 Å². The highest BCUT2D eigenvalue weighted by Crippen LogP contribution is 2.39. The lowest BCUT2D eigenvalue weighted by atomic mass is 9.87. The van der Waals surface area contributed by atoms with E-state index in [0.29, 0.717) is 23.1 Å². The topological polar surface area (TPSA) is 81.1 Å². The number of carbonyl (C=O) groups is 1.